The highest BCUT2D eigenvalue weighted by atomic mass is 35.5. The van der Waals surface area contributed by atoms with E-state index in [0.29, 0.717) is 26.6 Å². The number of anilines is 1. The molecule has 1 aromatic rings. The molecule has 0 aromatic heterocycles. The van der Waals surface area contributed by atoms with Gasteiger partial charge in [-0.15, -0.1) is 0 Å². The van der Waals surface area contributed by atoms with Crippen LogP contribution >= 0.6 is 35.4 Å². The van der Waals surface area contributed by atoms with Gasteiger partial charge in [-0.25, -0.2) is 0 Å². The van der Waals surface area contributed by atoms with Crippen LogP contribution in [0, 0.1) is 11.8 Å². The van der Waals surface area contributed by atoms with Gasteiger partial charge in [-0.05, 0) is 37.0 Å². The molecule has 3 atom stereocenters. The number of benzene rings is 1. The second kappa shape index (κ2) is 8.37. The van der Waals surface area contributed by atoms with Crippen LogP contribution in [0.4, 0.5) is 5.69 Å². The largest absolute Gasteiger partial charge is 0.349 e. The van der Waals surface area contributed by atoms with Crippen LogP contribution in [0.5, 0.6) is 0 Å². The summed E-state index contributed by atoms with van der Waals surface area (Å²) in [6.07, 6.45) is 1.39. The fourth-order valence-electron chi connectivity index (χ4n) is 3.32. The van der Waals surface area contributed by atoms with E-state index in [1.54, 1.807) is 18.2 Å². The highest BCUT2D eigenvalue weighted by molar-refractivity contribution is 7.80. The number of hydrogen-bond donors (Lipinski definition) is 4. The van der Waals surface area contributed by atoms with Crippen molar-refractivity contribution in [1.82, 2.24) is 15.5 Å². The number of nitrogens with one attached hydrogen (secondary N) is 3. The summed E-state index contributed by atoms with van der Waals surface area (Å²) in [5.41, 5.74) is 6.85. The van der Waals surface area contributed by atoms with Crippen molar-refractivity contribution in [2.75, 3.05) is 18.4 Å². The fraction of sp³-hybridized carbons (Fsp3) is 0.529. The van der Waals surface area contributed by atoms with Crippen molar-refractivity contribution in [3.05, 3.63) is 28.2 Å². The first-order valence-electron chi connectivity index (χ1n) is 8.66. The first-order chi connectivity index (χ1) is 12.3. The summed E-state index contributed by atoms with van der Waals surface area (Å²) in [5.74, 6) is -0.151. The predicted octanol–water partition coefficient (Wildman–Crippen LogP) is 2.37. The van der Waals surface area contributed by atoms with Crippen LogP contribution in [0.15, 0.2) is 18.2 Å². The van der Waals surface area contributed by atoms with Gasteiger partial charge in [-0.3, -0.25) is 15.0 Å². The number of halogens is 2. The normalized spacial score (nSPS) is 27.8. The van der Waals surface area contributed by atoms with Gasteiger partial charge in [0.15, 0.2) is 0 Å². The quantitative estimate of drug-likeness (QED) is 0.567. The van der Waals surface area contributed by atoms with Gasteiger partial charge >= 0.3 is 0 Å². The van der Waals surface area contributed by atoms with E-state index in [1.165, 1.54) is 0 Å². The van der Waals surface area contributed by atoms with E-state index in [-0.39, 0.29) is 12.2 Å². The number of nitrogens with zero attached hydrogens (tertiary/aromatic N) is 1. The molecule has 26 heavy (non-hydrogen) atoms. The number of rotatable bonds is 3. The van der Waals surface area contributed by atoms with E-state index in [1.807, 2.05) is 0 Å². The zero-order valence-electron chi connectivity index (χ0n) is 14.5. The summed E-state index contributed by atoms with van der Waals surface area (Å²) in [6.45, 7) is 4.11. The molecule has 9 heteroatoms. The molecule has 3 unspecified atom stereocenters. The van der Waals surface area contributed by atoms with Crippen LogP contribution in [0.1, 0.15) is 19.8 Å². The van der Waals surface area contributed by atoms with Gasteiger partial charge in [0.1, 0.15) is 12.2 Å². The Morgan fingerprint density at radius 3 is 2.46 bits per heavy atom. The number of thiocarbonyl (C=S) groups is 1. The highest BCUT2D eigenvalue weighted by Crippen LogP contribution is 2.24. The number of carbonyl (C=O) groups excluding carboxylic acids is 1. The molecule has 2 heterocycles. The fourth-order valence-corrected chi connectivity index (χ4v) is 4.22. The minimum atomic E-state index is -0.678. The van der Waals surface area contributed by atoms with Gasteiger partial charge in [-0.2, -0.15) is 0 Å². The minimum Gasteiger partial charge on any atom is -0.349 e. The number of amides is 1. The zero-order valence-corrected chi connectivity index (χ0v) is 16.8. The van der Waals surface area contributed by atoms with Crippen LogP contribution in [0.2, 0.25) is 10.0 Å². The van der Waals surface area contributed by atoms with Crippen molar-refractivity contribution in [3.8, 4) is 0 Å². The Hall–Kier alpha value is -0.960. The van der Waals surface area contributed by atoms with Crippen molar-refractivity contribution in [1.29, 1.82) is 0 Å². The highest BCUT2D eigenvalue weighted by Gasteiger charge is 2.39. The van der Waals surface area contributed by atoms with Gasteiger partial charge in [0.05, 0.1) is 11.2 Å². The predicted molar refractivity (Wildman–Crippen MR) is 109 cm³/mol. The maximum Gasteiger partial charge on any atom is 0.235 e. The summed E-state index contributed by atoms with van der Waals surface area (Å²) in [4.78, 5) is 15.2. The molecule has 3 rings (SSSR count). The molecule has 0 radical (unpaired) electrons. The third-order valence-corrected chi connectivity index (χ3v) is 5.66. The molecule has 142 valence electrons. The Kier molecular flexibility index (Phi) is 6.37. The number of likely N-dealkylation sites (tertiary alicyclic amines) is 1. The molecule has 2 saturated heterocycles. The van der Waals surface area contributed by atoms with Gasteiger partial charge in [0.25, 0.3) is 0 Å². The number of nitrogens with two attached hydrogens (primary N) is 1. The van der Waals surface area contributed by atoms with Gasteiger partial charge < -0.3 is 16.4 Å². The number of carbonyl (C=O) groups is 1. The lowest BCUT2D eigenvalue weighted by molar-refractivity contribution is -0.129. The SMILES string of the molecule is CC1CCN(C2NC(=O)C(C(=S)Nc3cc(Cl)cc(Cl)c3)C(N)N2)CC1. The summed E-state index contributed by atoms with van der Waals surface area (Å²) in [5, 5.41) is 10.2. The van der Waals surface area contributed by atoms with E-state index in [2.05, 4.69) is 27.8 Å². The first kappa shape index (κ1) is 19.8. The Bertz CT molecular complexity index is 675. The molecular weight excluding hydrogens is 393 g/mol. The molecule has 2 aliphatic rings. The molecule has 0 saturated carbocycles. The van der Waals surface area contributed by atoms with Crippen molar-refractivity contribution in [2.24, 2.45) is 17.6 Å². The molecule has 2 fully saturated rings. The third kappa shape index (κ3) is 4.65. The Morgan fingerprint density at radius 2 is 1.88 bits per heavy atom. The van der Waals surface area contributed by atoms with Crippen molar-refractivity contribution >= 4 is 52.0 Å². The molecule has 5 N–H and O–H groups in total. The van der Waals surface area contributed by atoms with Crippen LogP contribution in [-0.4, -0.2) is 41.3 Å². The summed E-state index contributed by atoms with van der Waals surface area (Å²) >= 11 is 17.4. The lowest BCUT2D eigenvalue weighted by Gasteiger charge is -2.43. The van der Waals surface area contributed by atoms with E-state index >= 15 is 0 Å². The second-order valence-electron chi connectivity index (χ2n) is 6.95. The molecule has 0 aliphatic carbocycles. The van der Waals surface area contributed by atoms with Gasteiger partial charge in [-0.1, -0.05) is 42.3 Å². The standard InChI is InChI=1S/C17H23Cl2N5OS/c1-9-2-4-24(5-3-9)17-22-14(20)13(15(25)23-17)16(26)21-12-7-10(18)6-11(19)8-12/h6-9,13-14,17,22H,2-5,20H2,1H3,(H,21,26)(H,23,25). The van der Waals surface area contributed by atoms with Gasteiger partial charge in [0.2, 0.25) is 5.91 Å². The maximum atomic E-state index is 12.7. The maximum absolute atomic E-state index is 12.7. The monoisotopic (exact) mass is 415 g/mol. The molecule has 6 nitrogen and oxygen atoms in total. The number of piperidine rings is 1. The zero-order chi connectivity index (χ0) is 18.8. The van der Waals surface area contributed by atoms with E-state index in [4.69, 9.17) is 41.2 Å². The van der Waals surface area contributed by atoms with Crippen molar-refractivity contribution in [2.45, 2.75) is 32.2 Å². The summed E-state index contributed by atoms with van der Waals surface area (Å²) in [6, 6.07) is 5.01. The summed E-state index contributed by atoms with van der Waals surface area (Å²) in [7, 11) is 0. The van der Waals surface area contributed by atoms with E-state index < -0.39 is 12.1 Å². The van der Waals surface area contributed by atoms with Crippen LogP contribution in [0.3, 0.4) is 0 Å². The lowest BCUT2D eigenvalue weighted by Crippen LogP contribution is -2.71. The average molecular weight is 416 g/mol. The van der Waals surface area contributed by atoms with E-state index in [9.17, 15) is 4.79 Å². The topological polar surface area (TPSA) is 82.4 Å². The molecule has 0 spiro atoms. The molecule has 1 amide bonds. The first-order valence-corrected chi connectivity index (χ1v) is 9.83. The average Bonchev–Trinajstić information content (AvgIpc) is 2.53. The Morgan fingerprint density at radius 1 is 1.27 bits per heavy atom. The number of hydrogen-bond acceptors (Lipinski definition) is 5. The third-order valence-electron chi connectivity index (χ3n) is 4.87. The van der Waals surface area contributed by atoms with Crippen LogP contribution in [-0.2, 0) is 4.79 Å². The summed E-state index contributed by atoms with van der Waals surface area (Å²) < 4.78 is 0. The molecule has 0 bridgehead atoms. The second-order valence-corrected chi connectivity index (χ2v) is 8.26. The molecular formula is C17H23Cl2N5OS. The minimum absolute atomic E-state index is 0.189. The van der Waals surface area contributed by atoms with Crippen LogP contribution < -0.4 is 21.7 Å². The molecule has 2 aliphatic heterocycles. The van der Waals surface area contributed by atoms with Crippen molar-refractivity contribution < 1.29 is 4.79 Å². The van der Waals surface area contributed by atoms with Crippen LogP contribution in [0.25, 0.3) is 0 Å². The molecule has 1 aromatic carbocycles. The smallest absolute Gasteiger partial charge is 0.235 e. The Balaban J connectivity index is 1.64. The van der Waals surface area contributed by atoms with Gasteiger partial charge in [0, 0.05) is 28.8 Å². The Labute approximate surface area is 168 Å². The van der Waals surface area contributed by atoms with E-state index in [0.717, 1.165) is 25.9 Å². The van der Waals surface area contributed by atoms with Crippen molar-refractivity contribution in [3.63, 3.8) is 0 Å². The lowest BCUT2D eigenvalue weighted by atomic mass is 9.98.